The van der Waals surface area contributed by atoms with Gasteiger partial charge in [-0.2, -0.15) is 0 Å². The third-order valence-corrected chi connectivity index (χ3v) is 4.35. The molecule has 0 fully saturated rings. The SMILES string of the molecule is CN(C)C/C=C/C(O)Nc1ccc2c(c1)C(=O)N(C)c1cncnc1N2C. The summed E-state index contributed by atoms with van der Waals surface area (Å²) in [7, 11) is 7.48. The van der Waals surface area contributed by atoms with Gasteiger partial charge in [-0.3, -0.25) is 4.79 Å². The van der Waals surface area contributed by atoms with E-state index in [1.54, 1.807) is 25.4 Å². The Hall–Kier alpha value is -2.97. The number of rotatable bonds is 5. The molecule has 1 aromatic heterocycles. The minimum absolute atomic E-state index is 0.160. The molecule has 1 amide bonds. The Morgan fingerprint density at radius 3 is 2.78 bits per heavy atom. The van der Waals surface area contributed by atoms with E-state index >= 15 is 0 Å². The van der Waals surface area contributed by atoms with Crippen molar-refractivity contribution in [1.29, 1.82) is 0 Å². The molecule has 1 aliphatic heterocycles. The van der Waals surface area contributed by atoms with Gasteiger partial charge in [0, 0.05) is 26.3 Å². The maximum absolute atomic E-state index is 13.0. The summed E-state index contributed by atoms with van der Waals surface area (Å²) in [5, 5.41) is 13.1. The monoisotopic (exact) mass is 368 g/mol. The van der Waals surface area contributed by atoms with E-state index in [2.05, 4.69) is 15.3 Å². The zero-order chi connectivity index (χ0) is 19.6. The van der Waals surface area contributed by atoms with Gasteiger partial charge in [-0.25, -0.2) is 9.97 Å². The van der Waals surface area contributed by atoms with Crippen molar-refractivity contribution >= 4 is 28.8 Å². The van der Waals surface area contributed by atoms with E-state index in [9.17, 15) is 9.90 Å². The number of fused-ring (bicyclic) bond motifs is 2. The second-order valence-electron chi connectivity index (χ2n) is 6.67. The minimum atomic E-state index is -0.845. The normalized spacial score (nSPS) is 15.0. The van der Waals surface area contributed by atoms with Crippen LogP contribution in [-0.4, -0.2) is 66.8 Å². The van der Waals surface area contributed by atoms with Crippen LogP contribution in [-0.2, 0) is 0 Å². The van der Waals surface area contributed by atoms with Crippen molar-refractivity contribution in [2.24, 2.45) is 0 Å². The lowest BCUT2D eigenvalue weighted by molar-refractivity contribution is 0.0994. The van der Waals surface area contributed by atoms with Gasteiger partial charge in [0.25, 0.3) is 5.91 Å². The topological polar surface area (TPSA) is 84.8 Å². The lowest BCUT2D eigenvalue weighted by Crippen LogP contribution is -2.26. The van der Waals surface area contributed by atoms with Crippen LogP contribution >= 0.6 is 0 Å². The van der Waals surface area contributed by atoms with Gasteiger partial charge >= 0.3 is 0 Å². The minimum Gasteiger partial charge on any atom is -0.370 e. The van der Waals surface area contributed by atoms with E-state index < -0.39 is 6.23 Å². The molecule has 0 saturated carbocycles. The molecule has 1 unspecified atom stereocenters. The van der Waals surface area contributed by atoms with Crippen LogP contribution in [0.25, 0.3) is 0 Å². The van der Waals surface area contributed by atoms with Crippen LogP contribution in [0, 0.1) is 0 Å². The molecule has 1 atom stereocenters. The summed E-state index contributed by atoms with van der Waals surface area (Å²) in [6.07, 6.45) is 5.80. The molecule has 2 heterocycles. The highest BCUT2D eigenvalue weighted by Gasteiger charge is 2.28. The van der Waals surface area contributed by atoms with Gasteiger partial charge < -0.3 is 25.1 Å². The van der Waals surface area contributed by atoms with Crippen molar-refractivity contribution in [2.75, 3.05) is 49.9 Å². The number of likely N-dealkylation sites (N-methyl/N-ethyl adjacent to an activating group) is 1. The second-order valence-corrected chi connectivity index (χ2v) is 6.67. The zero-order valence-electron chi connectivity index (χ0n) is 15.9. The summed E-state index contributed by atoms with van der Waals surface area (Å²) >= 11 is 0. The lowest BCUT2D eigenvalue weighted by Gasteiger charge is -2.20. The van der Waals surface area contributed by atoms with E-state index in [1.807, 2.05) is 49.2 Å². The molecule has 8 nitrogen and oxygen atoms in total. The fraction of sp³-hybridized carbons (Fsp3) is 0.316. The van der Waals surface area contributed by atoms with Crippen LogP contribution in [0.5, 0.6) is 0 Å². The number of nitrogens with one attached hydrogen (secondary N) is 1. The summed E-state index contributed by atoms with van der Waals surface area (Å²) in [4.78, 5) is 26.7. The van der Waals surface area contributed by atoms with Gasteiger partial charge in [-0.05, 0) is 38.4 Å². The Morgan fingerprint density at radius 2 is 2.04 bits per heavy atom. The van der Waals surface area contributed by atoms with E-state index in [0.717, 1.165) is 12.2 Å². The molecule has 2 N–H and O–H groups in total. The molecule has 1 aliphatic rings. The van der Waals surface area contributed by atoms with Crippen molar-refractivity contribution in [1.82, 2.24) is 14.9 Å². The number of benzene rings is 1. The summed E-state index contributed by atoms with van der Waals surface area (Å²) in [5.41, 5.74) is 2.56. The maximum Gasteiger partial charge on any atom is 0.260 e. The average molecular weight is 368 g/mol. The van der Waals surface area contributed by atoms with Gasteiger partial charge in [0.1, 0.15) is 18.2 Å². The van der Waals surface area contributed by atoms with Gasteiger partial charge in [-0.15, -0.1) is 0 Å². The Labute approximate surface area is 158 Å². The highest BCUT2D eigenvalue weighted by molar-refractivity contribution is 6.13. The van der Waals surface area contributed by atoms with Gasteiger partial charge in [0.15, 0.2) is 5.82 Å². The van der Waals surface area contributed by atoms with Crippen LogP contribution in [0.3, 0.4) is 0 Å². The molecule has 142 valence electrons. The number of aromatic nitrogens is 2. The number of anilines is 4. The molecular formula is C19H24N6O2. The quantitative estimate of drug-likeness (QED) is 0.613. The maximum atomic E-state index is 13.0. The summed E-state index contributed by atoms with van der Waals surface area (Å²) < 4.78 is 0. The third kappa shape index (κ3) is 3.91. The number of aliphatic hydroxyl groups is 1. The summed E-state index contributed by atoms with van der Waals surface area (Å²) in [6.45, 7) is 0.732. The Morgan fingerprint density at radius 1 is 1.26 bits per heavy atom. The van der Waals surface area contributed by atoms with Crippen LogP contribution in [0.2, 0.25) is 0 Å². The Bertz CT molecular complexity index is 867. The molecule has 0 radical (unpaired) electrons. The molecule has 1 aromatic carbocycles. The molecule has 0 aliphatic carbocycles. The number of hydrogen-bond donors (Lipinski definition) is 2. The highest BCUT2D eigenvalue weighted by atomic mass is 16.3. The van der Waals surface area contributed by atoms with Crippen molar-refractivity contribution in [3.8, 4) is 0 Å². The zero-order valence-corrected chi connectivity index (χ0v) is 15.9. The highest BCUT2D eigenvalue weighted by Crippen LogP contribution is 2.37. The fourth-order valence-electron chi connectivity index (χ4n) is 2.92. The van der Waals surface area contributed by atoms with E-state index in [-0.39, 0.29) is 5.91 Å². The fourth-order valence-corrected chi connectivity index (χ4v) is 2.92. The molecule has 27 heavy (non-hydrogen) atoms. The van der Waals surface area contributed by atoms with Gasteiger partial charge in [0.2, 0.25) is 0 Å². The number of aliphatic hydroxyl groups excluding tert-OH is 1. The van der Waals surface area contributed by atoms with E-state index in [1.165, 1.54) is 11.2 Å². The molecule has 0 bridgehead atoms. The van der Waals surface area contributed by atoms with Crippen molar-refractivity contribution in [3.05, 3.63) is 48.4 Å². The van der Waals surface area contributed by atoms with Crippen LogP contribution in [0.4, 0.5) is 22.9 Å². The van der Waals surface area contributed by atoms with Crippen LogP contribution < -0.4 is 15.1 Å². The van der Waals surface area contributed by atoms with E-state index in [4.69, 9.17) is 0 Å². The predicted octanol–water partition coefficient (Wildman–Crippen LogP) is 1.68. The van der Waals surface area contributed by atoms with Gasteiger partial charge in [0.05, 0.1) is 17.4 Å². The third-order valence-electron chi connectivity index (χ3n) is 4.35. The Kier molecular flexibility index (Phi) is 5.38. The molecule has 0 saturated heterocycles. The first-order valence-electron chi connectivity index (χ1n) is 8.60. The standard InChI is InChI=1S/C19H24N6O2/c1-23(2)9-5-6-17(26)22-13-7-8-15-14(10-13)19(27)25(4)16-11-20-12-21-18(16)24(15)3/h5-8,10-12,17,22,26H,9H2,1-4H3/b6-5+. The number of amides is 1. The Balaban J connectivity index is 1.89. The number of nitrogens with zero attached hydrogens (tertiary/aromatic N) is 5. The molecule has 3 rings (SSSR count). The van der Waals surface area contributed by atoms with Crippen LogP contribution in [0.15, 0.2) is 42.9 Å². The first-order valence-corrected chi connectivity index (χ1v) is 8.60. The molecule has 0 spiro atoms. The molecular weight excluding hydrogens is 344 g/mol. The number of carbonyl (C=O) groups excluding carboxylic acids is 1. The second kappa shape index (κ2) is 7.73. The number of carbonyl (C=O) groups is 1. The molecule has 2 aromatic rings. The van der Waals surface area contributed by atoms with Gasteiger partial charge in [-0.1, -0.05) is 6.08 Å². The molecule has 8 heteroatoms. The lowest BCUT2D eigenvalue weighted by atomic mass is 10.1. The summed E-state index contributed by atoms with van der Waals surface area (Å²) in [5.74, 6) is 0.499. The smallest absolute Gasteiger partial charge is 0.260 e. The van der Waals surface area contributed by atoms with Crippen molar-refractivity contribution in [3.63, 3.8) is 0 Å². The summed E-state index contributed by atoms with van der Waals surface area (Å²) in [6, 6.07) is 5.42. The van der Waals surface area contributed by atoms with Crippen molar-refractivity contribution in [2.45, 2.75) is 6.23 Å². The first-order chi connectivity index (χ1) is 12.9. The van der Waals surface area contributed by atoms with Crippen LogP contribution in [0.1, 0.15) is 10.4 Å². The largest absolute Gasteiger partial charge is 0.370 e. The predicted molar refractivity (Wildman–Crippen MR) is 107 cm³/mol. The van der Waals surface area contributed by atoms with E-state index in [0.29, 0.717) is 22.8 Å². The number of hydrogen-bond acceptors (Lipinski definition) is 7. The first kappa shape index (κ1) is 18.8. The average Bonchev–Trinajstić information content (AvgIpc) is 2.72. The van der Waals surface area contributed by atoms with Crippen molar-refractivity contribution < 1.29 is 9.90 Å².